The maximum absolute atomic E-state index is 10.6. The highest BCUT2D eigenvalue weighted by Gasteiger charge is 2.08. The molecule has 1 unspecified atom stereocenters. The van der Waals surface area contributed by atoms with Crippen LogP contribution in [0.15, 0.2) is 34.9 Å². The average molecular weight is 237 g/mol. The largest absolute Gasteiger partial charge is 0.360 e. The summed E-state index contributed by atoms with van der Waals surface area (Å²) in [6.07, 6.45) is 0. The Hall–Kier alpha value is -1.46. The minimum Gasteiger partial charge on any atom is -0.360 e. The smallest absolute Gasteiger partial charge is 0.160 e. The molecule has 5 heteroatoms. The Morgan fingerprint density at radius 1 is 1.38 bits per heavy atom. The van der Waals surface area contributed by atoms with Crippen LogP contribution in [0.1, 0.15) is 11.3 Å². The molecule has 0 aliphatic rings. The molecular formula is C11H11NO3S. The van der Waals surface area contributed by atoms with Gasteiger partial charge in [-0.1, -0.05) is 35.0 Å². The Morgan fingerprint density at radius 2 is 2.06 bits per heavy atom. The third-order valence-corrected chi connectivity index (χ3v) is 2.70. The van der Waals surface area contributed by atoms with E-state index in [2.05, 4.69) is 5.16 Å². The van der Waals surface area contributed by atoms with Crippen molar-refractivity contribution in [1.82, 2.24) is 5.16 Å². The van der Waals surface area contributed by atoms with Crippen LogP contribution in [-0.2, 0) is 16.8 Å². The number of benzene rings is 1. The summed E-state index contributed by atoms with van der Waals surface area (Å²) in [5.74, 6) is 0.384. The monoisotopic (exact) mass is 237 g/mol. The van der Waals surface area contributed by atoms with Gasteiger partial charge in [-0.15, -0.1) is 0 Å². The van der Waals surface area contributed by atoms with Crippen molar-refractivity contribution in [1.29, 1.82) is 0 Å². The fraction of sp³-hybridized carbons (Fsp3) is 0.182. The third kappa shape index (κ3) is 2.56. The molecule has 84 valence electrons. The fourth-order valence-electron chi connectivity index (χ4n) is 1.36. The molecule has 1 atom stereocenters. The Kier molecular flexibility index (Phi) is 3.17. The summed E-state index contributed by atoms with van der Waals surface area (Å²) in [5.41, 5.74) is 2.79. The molecule has 0 amide bonds. The van der Waals surface area contributed by atoms with Crippen molar-refractivity contribution >= 4 is 11.1 Å². The van der Waals surface area contributed by atoms with Crippen LogP contribution in [0, 0.1) is 6.92 Å². The van der Waals surface area contributed by atoms with Crippen molar-refractivity contribution in [3.05, 3.63) is 41.7 Å². The lowest BCUT2D eigenvalue weighted by molar-refractivity contribution is 0.394. The molecular weight excluding hydrogens is 226 g/mol. The summed E-state index contributed by atoms with van der Waals surface area (Å²) in [4.78, 5) is 0. The van der Waals surface area contributed by atoms with Gasteiger partial charge in [0.25, 0.3) is 0 Å². The van der Waals surface area contributed by atoms with E-state index in [0.29, 0.717) is 11.5 Å². The van der Waals surface area contributed by atoms with E-state index in [4.69, 9.17) is 9.08 Å². The zero-order valence-electron chi connectivity index (χ0n) is 8.71. The van der Waals surface area contributed by atoms with Crippen LogP contribution >= 0.6 is 0 Å². The number of hydrogen-bond acceptors (Lipinski definition) is 3. The van der Waals surface area contributed by atoms with Gasteiger partial charge >= 0.3 is 0 Å². The standard InChI is InChI=1S/C11H11NO3S/c1-8-2-4-9(5-3-8)11-6-10(15-12-11)7-16(13)14/h2-6H,7H2,1H3,(H,13,14). The van der Waals surface area contributed by atoms with Crippen LogP contribution in [0.3, 0.4) is 0 Å². The van der Waals surface area contributed by atoms with Crippen LogP contribution in [0.5, 0.6) is 0 Å². The first kappa shape index (κ1) is 11.0. The quantitative estimate of drug-likeness (QED) is 0.832. The molecule has 1 N–H and O–H groups in total. The van der Waals surface area contributed by atoms with Crippen molar-refractivity contribution < 1.29 is 13.3 Å². The van der Waals surface area contributed by atoms with E-state index in [9.17, 15) is 4.21 Å². The first-order chi connectivity index (χ1) is 7.65. The van der Waals surface area contributed by atoms with Gasteiger partial charge in [-0.05, 0) is 6.92 Å². The minimum atomic E-state index is -1.90. The molecule has 0 radical (unpaired) electrons. The van der Waals surface area contributed by atoms with Gasteiger partial charge in [-0.2, -0.15) is 0 Å². The lowest BCUT2D eigenvalue weighted by Gasteiger charge is -1.95. The van der Waals surface area contributed by atoms with Crippen molar-refractivity contribution in [3.63, 3.8) is 0 Å². The lowest BCUT2D eigenvalue weighted by atomic mass is 10.1. The average Bonchev–Trinajstić information content (AvgIpc) is 2.66. The molecule has 0 aliphatic heterocycles. The first-order valence-corrected chi connectivity index (χ1v) is 6.03. The Balaban J connectivity index is 2.24. The van der Waals surface area contributed by atoms with Gasteiger partial charge in [0.2, 0.25) is 0 Å². The molecule has 1 aromatic carbocycles. The van der Waals surface area contributed by atoms with Gasteiger partial charge < -0.3 is 9.08 Å². The zero-order valence-corrected chi connectivity index (χ0v) is 9.53. The second kappa shape index (κ2) is 4.59. The molecule has 2 aromatic rings. The zero-order chi connectivity index (χ0) is 11.5. The SMILES string of the molecule is Cc1ccc(-c2cc(CS(=O)O)on2)cc1. The molecule has 0 bridgehead atoms. The molecule has 16 heavy (non-hydrogen) atoms. The normalized spacial score (nSPS) is 12.6. The number of rotatable bonds is 3. The van der Waals surface area contributed by atoms with Gasteiger partial charge in [0, 0.05) is 11.6 Å². The molecule has 0 spiro atoms. The number of hydrogen-bond donors (Lipinski definition) is 1. The summed E-state index contributed by atoms with van der Waals surface area (Å²) in [6, 6.07) is 9.51. The highest BCUT2D eigenvalue weighted by atomic mass is 32.2. The van der Waals surface area contributed by atoms with E-state index < -0.39 is 11.1 Å². The predicted molar refractivity (Wildman–Crippen MR) is 61.2 cm³/mol. The van der Waals surface area contributed by atoms with Crippen LogP contribution in [-0.4, -0.2) is 13.9 Å². The van der Waals surface area contributed by atoms with E-state index in [0.717, 1.165) is 5.56 Å². The first-order valence-electron chi connectivity index (χ1n) is 4.75. The van der Waals surface area contributed by atoms with Gasteiger partial charge in [-0.3, -0.25) is 0 Å². The van der Waals surface area contributed by atoms with Gasteiger partial charge in [0.05, 0.1) is 0 Å². The number of aryl methyl sites for hydroxylation is 1. The van der Waals surface area contributed by atoms with Crippen molar-refractivity contribution in [2.75, 3.05) is 0 Å². The summed E-state index contributed by atoms with van der Waals surface area (Å²) >= 11 is -1.90. The highest BCUT2D eigenvalue weighted by Crippen LogP contribution is 2.19. The molecule has 0 saturated heterocycles. The third-order valence-electron chi connectivity index (χ3n) is 2.17. The van der Waals surface area contributed by atoms with Crippen LogP contribution in [0.25, 0.3) is 11.3 Å². The topological polar surface area (TPSA) is 63.3 Å². The number of aromatic nitrogens is 1. The van der Waals surface area contributed by atoms with Crippen LogP contribution in [0.2, 0.25) is 0 Å². The van der Waals surface area contributed by atoms with Crippen molar-refractivity contribution in [2.45, 2.75) is 12.7 Å². The maximum Gasteiger partial charge on any atom is 0.160 e. The second-order valence-electron chi connectivity index (χ2n) is 3.51. The van der Waals surface area contributed by atoms with Crippen LogP contribution < -0.4 is 0 Å². The summed E-state index contributed by atoms with van der Waals surface area (Å²) in [5, 5.41) is 3.85. The maximum atomic E-state index is 10.6. The second-order valence-corrected chi connectivity index (χ2v) is 4.44. The molecule has 0 saturated carbocycles. The summed E-state index contributed by atoms with van der Waals surface area (Å²) < 4.78 is 24.2. The van der Waals surface area contributed by atoms with Crippen LogP contribution in [0.4, 0.5) is 0 Å². The molecule has 1 heterocycles. The van der Waals surface area contributed by atoms with Gasteiger partial charge in [0.1, 0.15) is 11.4 Å². The van der Waals surface area contributed by atoms with E-state index in [-0.39, 0.29) is 5.75 Å². The highest BCUT2D eigenvalue weighted by molar-refractivity contribution is 7.78. The Morgan fingerprint density at radius 3 is 2.69 bits per heavy atom. The van der Waals surface area contributed by atoms with E-state index in [1.54, 1.807) is 6.07 Å². The molecule has 0 fully saturated rings. The van der Waals surface area contributed by atoms with Crippen molar-refractivity contribution in [2.24, 2.45) is 0 Å². The number of nitrogens with zero attached hydrogens (tertiary/aromatic N) is 1. The molecule has 2 rings (SSSR count). The lowest BCUT2D eigenvalue weighted by Crippen LogP contribution is -1.89. The molecule has 1 aromatic heterocycles. The predicted octanol–water partition coefficient (Wildman–Crippen LogP) is 2.37. The van der Waals surface area contributed by atoms with Crippen molar-refractivity contribution in [3.8, 4) is 11.3 Å². The molecule has 0 aliphatic carbocycles. The van der Waals surface area contributed by atoms with Gasteiger partial charge in [-0.25, -0.2) is 4.21 Å². The minimum absolute atomic E-state index is 0.0289. The Labute approximate surface area is 95.6 Å². The summed E-state index contributed by atoms with van der Waals surface area (Å²) in [7, 11) is 0. The Bertz CT molecular complexity index is 504. The van der Waals surface area contributed by atoms with Gasteiger partial charge in [0.15, 0.2) is 16.8 Å². The fourth-order valence-corrected chi connectivity index (χ4v) is 1.74. The van der Waals surface area contributed by atoms with E-state index >= 15 is 0 Å². The van der Waals surface area contributed by atoms with E-state index in [1.807, 2.05) is 31.2 Å². The summed E-state index contributed by atoms with van der Waals surface area (Å²) in [6.45, 7) is 2.01. The van der Waals surface area contributed by atoms with E-state index in [1.165, 1.54) is 5.56 Å². The molecule has 4 nitrogen and oxygen atoms in total.